The molecule has 0 saturated heterocycles. The molecule has 1 aliphatic carbocycles. The number of amides is 2. The molecular weight excluding hydrogens is 484 g/mol. The van der Waals surface area contributed by atoms with Gasteiger partial charge in [0.2, 0.25) is 11.8 Å². The molecule has 0 fully saturated rings. The molecule has 35 heavy (non-hydrogen) atoms. The van der Waals surface area contributed by atoms with Gasteiger partial charge in [0.25, 0.3) is 0 Å². The van der Waals surface area contributed by atoms with Crippen molar-refractivity contribution in [2.24, 2.45) is 0 Å². The molecule has 0 saturated carbocycles. The zero-order valence-corrected chi connectivity index (χ0v) is 21.0. The van der Waals surface area contributed by atoms with Gasteiger partial charge in [-0.2, -0.15) is 0 Å². The Kier molecular flexibility index (Phi) is 6.97. The maximum absolute atomic E-state index is 13.3. The smallest absolute Gasteiger partial charge is 0.341 e. The molecule has 1 aliphatic heterocycles. The third-order valence-electron chi connectivity index (χ3n) is 6.15. The molecule has 2 amide bonds. The predicted octanol–water partition coefficient (Wildman–Crippen LogP) is 5.61. The van der Waals surface area contributed by atoms with Crippen molar-refractivity contribution >= 4 is 51.6 Å². The number of hydrogen-bond donors (Lipinski definition) is 1. The van der Waals surface area contributed by atoms with Crippen molar-refractivity contribution < 1.29 is 23.5 Å². The number of carbonyl (C=O) groups excluding carboxylic acids is 3. The average Bonchev–Trinajstić information content (AvgIpc) is 3.48. The summed E-state index contributed by atoms with van der Waals surface area (Å²) in [6, 6.07) is 11.3. The molecule has 0 radical (unpaired) electrons. The van der Waals surface area contributed by atoms with Gasteiger partial charge < -0.3 is 19.4 Å². The number of thiophene rings is 1. The minimum absolute atomic E-state index is 0.147. The molecule has 2 aliphatic rings. The normalized spacial score (nSPS) is 17.3. The van der Waals surface area contributed by atoms with E-state index in [1.165, 1.54) is 16.2 Å². The summed E-state index contributed by atoms with van der Waals surface area (Å²) in [7, 11) is 0. The van der Waals surface area contributed by atoms with Crippen molar-refractivity contribution in [2.45, 2.75) is 49.2 Å². The van der Waals surface area contributed by atoms with Gasteiger partial charge in [-0.25, -0.2) is 4.79 Å². The standard InChI is InChI=1S/C26H26N2O5S2/c1-2-32-26(31)24-16-8-3-5-11-19(16)35-25(24)27-22(29)15-28-17-9-4-6-12-20(17)34-21(14-23(28)30)18-10-7-13-33-18/h4,6-7,9-10,12-13,21H,2-3,5,8,11,14-15H2,1H3,(H,27,29)/t21-/m0/s1. The van der Waals surface area contributed by atoms with E-state index in [4.69, 9.17) is 9.15 Å². The van der Waals surface area contributed by atoms with E-state index in [0.29, 0.717) is 16.3 Å². The van der Waals surface area contributed by atoms with Crippen LogP contribution in [-0.4, -0.2) is 30.9 Å². The summed E-state index contributed by atoms with van der Waals surface area (Å²) < 4.78 is 10.9. The summed E-state index contributed by atoms with van der Waals surface area (Å²) in [5.74, 6) is -0.183. The highest BCUT2D eigenvalue weighted by Crippen LogP contribution is 2.45. The van der Waals surface area contributed by atoms with Crippen LogP contribution in [0.5, 0.6) is 0 Å². The van der Waals surface area contributed by atoms with Crippen LogP contribution in [0.1, 0.15) is 58.0 Å². The van der Waals surface area contributed by atoms with Gasteiger partial charge in [0.05, 0.1) is 29.4 Å². The van der Waals surface area contributed by atoms with E-state index < -0.39 is 5.97 Å². The Hall–Kier alpha value is -3.04. The second-order valence-corrected chi connectivity index (χ2v) is 10.8. The minimum atomic E-state index is -0.406. The summed E-state index contributed by atoms with van der Waals surface area (Å²) in [4.78, 5) is 42.8. The zero-order valence-electron chi connectivity index (χ0n) is 19.4. The van der Waals surface area contributed by atoms with Gasteiger partial charge >= 0.3 is 5.97 Å². The summed E-state index contributed by atoms with van der Waals surface area (Å²) in [6.45, 7) is 1.89. The number of thioether (sulfide) groups is 1. The number of furan rings is 1. The summed E-state index contributed by atoms with van der Waals surface area (Å²) in [6.07, 6.45) is 5.59. The number of anilines is 2. The highest BCUT2D eigenvalue weighted by Gasteiger charge is 2.32. The first-order valence-electron chi connectivity index (χ1n) is 11.8. The first kappa shape index (κ1) is 23.7. The largest absolute Gasteiger partial charge is 0.468 e. The number of rotatable bonds is 6. The molecule has 3 aromatic rings. The fraction of sp³-hybridized carbons (Fsp3) is 0.346. The molecule has 0 bridgehead atoms. The number of fused-ring (bicyclic) bond motifs is 2. The molecule has 1 aromatic carbocycles. The molecule has 7 nitrogen and oxygen atoms in total. The van der Waals surface area contributed by atoms with Crippen LogP contribution in [0.25, 0.3) is 0 Å². The third-order valence-corrected chi connectivity index (χ3v) is 8.64. The van der Waals surface area contributed by atoms with Crippen LogP contribution in [0, 0.1) is 0 Å². The number of benzene rings is 1. The maximum atomic E-state index is 13.3. The topological polar surface area (TPSA) is 88.9 Å². The molecule has 2 aromatic heterocycles. The summed E-state index contributed by atoms with van der Waals surface area (Å²) in [5, 5.41) is 3.26. The van der Waals surface area contributed by atoms with Gasteiger partial charge in [-0.05, 0) is 62.4 Å². The monoisotopic (exact) mass is 510 g/mol. The van der Waals surface area contributed by atoms with E-state index in [-0.39, 0.29) is 36.6 Å². The Labute approximate surface area is 211 Å². The SMILES string of the molecule is CCOC(=O)c1c(NC(=O)CN2C(=O)C[C@@H](c3ccco3)Sc3ccccc32)sc2c1CCCC2. The van der Waals surface area contributed by atoms with Crippen molar-refractivity contribution in [3.05, 3.63) is 64.4 Å². The van der Waals surface area contributed by atoms with Crippen LogP contribution < -0.4 is 10.2 Å². The Balaban J connectivity index is 1.40. The van der Waals surface area contributed by atoms with Crippen LogP contribution in [0.2, 0.25) is 0 Å². The Bertz CT molecular complexity index is 1250. The number of hydrogen-bond acceptors (Lipinski definition) is 7. The number of nitrogens with one attached hydrogen (secondary N) is 1. The Morgan fingerprint density at radius 2 is 2.00 bits per heavy atom. The van der Waals surface area contributed by atoms with Crippen LogP contribution in [0.4, 0.5) is 10.7 Å². The Morgan fingerprint density at radius 3 is 2.80 bits per heavy atom. The molecule has 0 unspecified atom stereocenters. The number of aryl methyl sites for hydroxylation is 1. The maximum Gasteiger partial charge on any atom is 0.341 e. The fourth-order valence-corrected chi connectivity index (χ4v) is 7.10. The number of para-hydroxylation sites is 1. The van der Waals surface area contributed by atoms with Gasteiger partial charge in [0.1, 0.15) is 17.3 Å². The first-order chi connectivity index (χ1) is 17.0. The lowest BCUT2D eigenvalue weighted by molar-refractivity contribution is -0.121. The molecule has 1 atom stereocenters. The van der Waals surface area contributed by atoms with E-state index in [9.17, 15) is 14.4 Å². The fourth-order valence-electron chi connectivity index (χ4n) is 4.57. The lowest BCUT2D eigenvalue weighted by Gasteiger charge is -2.22. The van der Waals surface area contributed by atoms with Crippen molar-refractivity contribution in [1.29, 1.82) is 0 Å². The number of esters is 1. The van der Waals surface area contributed by atoms with Crippen LogP contribution in [0.15, 0.2) is 52.0 Å². The molecule has 5 rings (SSSR count). The third kappa shape index (κ3) is 4.88. The molecular formula is C26H26N2O5S2. The lowest BCUT2D eigenvalue weighted by Crippen LogP contribution is -2.38. The van der Waals surface area contributed by atoms with Gasteiger partial charge in [-0.3, -0.25) is 9.59 Å². The van der Waals surface area contributed by atoms with Gasteiger partial charge in [-0.15, -0.1) is 23.1 Å². The van der Waals surface area contributed by atoms with Gasteiger partial charge in [0.15, 0.2) is 0 Å². The van der Waals surface area contributed by atoms with Crippen LogP contribution in [-0.2, 0) is 27.2 Å². The molecule has 3 heterocycles. The zero-order chi connectivity index (χ0) is 24.4. The molecule has 182 valence electrons. The lowest BCUT2D eigenvalue weighted by atomic mass is 9.95. The first-order valence-corrected chi connectivity index (χ1v) is 13.5. The highest BCUT2D eigenvalue weighted by molar-refractivity contribution is 7.99. The quantitative estimate of drug-likeness (QED) is 0.434. The minimum Gasteiger partial charge on any atom is -0.468 e. The van der Waals surface area contributed by atoms with Crippen molar-refractivity contribution in [1.82, 2.24) is 0 Å². The second-order valence-electron chi connectivity index (χ2n) is 8.46. The Morgan fingerprint density at radius 1 is 1.17 bits per heavy atom. The molecule has 1 N–H and O–H groups in total. The molecule has 0 spiro atoms. The average molecular weight is 511 g/mol. The van der Waals surface area contributed by atoms with Crippen LogP contribution in [0.3, 0.4) is 0 Å². The number of nitrogens with zero attached hydrogens (tertiary/aromatic N) is 1. The van der Waals surface area contributed by atoms with Gasteiger partial charge in [0, 0.05) is 16.2 Å². The van der Waals surface area contributed by atoms with Crippen molar-refractivity contribution in [3.8, 4) is 0 Å². The van der Waals surface area contributed by atoms with E-state index in [1.54, 1.807) is 24.9 Å². The van der Waals surface area contributed by atoms with Crippen molar-refractivity contribution in [3.63, 3.8) is 0 Å². The predicted molar refractivity (Wildman–Crippen MR) is 136 cm³/mol. The summed E-state index contributed by atoms with van der Waals surface area (Å²) in [5.41, 5.74) is 2.16. The van der Waals surface area contributed by atoms with Gasteiger partial charge in [-0.1, -0.05) is 12.1 Å². The van der Waals surface area contributed by atoms with E-state index in [1.807, 2.05) is 36.4 Å². The number of ether oxygens (including phenoxy) is 1. The van der Waals surface area contributed by atoms with E-state index >= 15 is 0 Å². The van der Waals surface area contributed by atoms with E-state index in [2.05, 4.69) is 5.32 Å². The van der Waals surface area contributed by atoms with Crippen molar-refractivity contribution in [2.75, 3.05) is 23.4 Å². The number of carbonyl (C=O) groups is 3. The van der Waals surface area contributed by atoms with Crippen LogP contribution >= 0.6 is 23.1 Å². The molecule has 9 heteroatoms. The second kappa shape index (κ2) is 10.3. The highest BCUT2D eigenvalue weighted by atomic mass is 32.2. The summed E-state index contributed by atoms with van der Waals surface area (Å²) >= 11 is 3.00. The van der Waals surface area contributed by atoms with E-state index in [0.717, 1.165) is 46.8 Å².